The molecule has 0 saturated heterocycles. The maximum absolute atomic E-state index is 13.0. The second-order valence-electron chi connectivity index (χ2n) is 7.15. The summed E-state index contributed by atoms with van der Waals surface area (Å²) in [5, 5.41) is 8.34. The largest absolute Gasteiger partial charge is 0.497 e. The second-order valence-corrected chi connectivity index (χ2v) is 8.44. The molecule has 1 aromatic heterocycles. The SMILES string of the molecule is CCN(C(=O)[C@@H](C)Sc1nnc(-c2cc(OC)cc(OC)c2)o1)C1CCCCC1. The molecule has 7 nitrogen and oxygen atoms in total. The third-order valence-electron chi connectivity index (χ3n) is 5.27. The van der Waals surface area contributed by atoms with E-state index >= 15 is 0 Å². The van der Waals surface area contributed by atoms with Crippen molar-refractivity contribution in [2.75, 3.05) is 20.8 Å². The van der Waals surface area contributed by atoms with Gasteiger partial charge in [-0.3, -0.25) is 4.79 Å². The molecule has 0 radical (unpaired) electrons. The molecule has 0 bridgehead atoms. The van der Waals surface area contributed by atoms with Gasteiger partial charge in [0.15, 0.2) is 0 Å². The number of benzene rings is 1. The van der Waals surface area contributed by atoms with Gasteiger partial charge >= 0.3 is 0 Å². The van der Waals surface area contributed by atoms with Crippen molar-refractivity contribution < 1.29 is 18.7 Å². The number of methoxy groups -OCH3 is 2. The van der Waals surface area contributed by atoms with Gasteiger partial charge in [-0.15, -0.1) is 10.2 Å². The molecule has 1 atom stereocenters. The Morgan fingerprint density at radius 1 is 1.17 bits per heavy atom. The first-order valence-corrected chi connectivity index (χ1v) is 11.0. The molecule has 1 aliphatic carbocycles. The first-order chi connectivity index (χ1) is 14.0. The van der Waals surface area contributed by atoms with Crippen molar-refractivity contribution >= 4 is 17.7 Å². The molecule has 8 heteroatoms. The highest BCUT2D eigenvalue weighted by atomic mass is 32.2. The quantitative estimate of drug-likeness (QED) is 0.586. The molecule has 3 rings (SSSR count). The van der Waals surface area contributed by atoms with Crippen molar-refractivity contribution in [1.82, 2.24) is 15.1 Å². The van der Waals surface area contributed by atoms with Crippen LogP contribution in [0.3, 0.4) is 0 Å². The van der Waals surface area contributed by atoms with Gasteiger partial charge in [-0.25, -0.2) is 0 Å². The smallest absolute Gasteiger partial charge is 0.277 e. The minimum atomic E-state index is -0.287. The van der Waals surface area contributed by atoms with E-state index in [2.05, 4.69) is 10.2 Å². The molecule has 29 heavy (non-hydrogen) atoms. The van der Waals surface area contributed by atoms with Gasteiger partial charge in [0.25, 0.3) is 5.22 Å². The van der Waals surface area contributed by atoms with E-state index in [1.165, 1.54) is 31.0 Å². The van der Waals surface area contributed by atoms with Crippen LogP contribution in [0.1, 0.15) is 46.0 Å². The third kappa shape index (κ3) is 5.23. The number of rotatable bonds is 8. The lowest BCUT2D eigenvalue weighted by Crippen LogP contribution is -2.44. The normalized spacial score (nSPS) is 15.7. The van der Waals surface area contributed by atoms with E-state index in [1.807, 2.05) is 18.7 Å². The van der Waals surface area contributed by atoms with Crippen LogP contribution < -0.4 is 9.47 Å². The zero-order valence-corrected chi connectivity index (χ0v) is 18.3. The van der Waals surface area contributed by atoms with Crippen LogP contribution in [0.5, 0.6) is 11.5 Å². The van der Waals surface area contributed by atoms with Crippen LogP contribution in [0.15, 0.2) is 27.8 Å². The highest BCUT2D eigenvalue weighted by molar-refractivity contribution is 8.00. The standard InChI is InChI=1S/C21H29N3O4S/c1-5-24(16-9-7-6-8-10-16)20(25)14(2)29-21-23-22-19(28-21)15-11-17(26-3)13-18(12-15)27-4/h11-14,16H,5-10H2,1-4H3/t14-/m1/s1. The molecular formula is C21H29N3O4S. The van der Waals surface area contributed by atoms with E-state index < -0.39 is 0 Å². The van der Waals surface area contributed by atoms with Gasteiger partial charge < -0.3 is 18.8 Å². The first kappa shape index (κ1) is 21.5. The molecule has 0 spiro atoms. The molecule has 1 aliphatic rings. The minimum Gasteiger partial charge on any atom is -0.497 e. The third-order valence-corrected chi connectivity index (χ3v) is 6.19. The highest BCUT2D eigenvalue weighted by Gasteiger charge is 2.29. The van der Waals surface area contributed by atoms with Crippen LogP contribution in [0.2, 0.25) is 0 Å². The highest BCUT2D eigenvalue weighted by Crippen LogP contribution is 2.32. The Hall–Kier alpha value is -2.22. The van der Waals surface area contributed by atoms with Crippen molar-refractivity contribution in [2.24, 2.45) is 0 Å². The second kappa shape index (κ2) is 10.0. The number of hydrogen-bond donors (Lipinski definition) is 0. The molecule has 1 saturated carbocycles. The number of carbonyl (C=O) groups excluding carboxylic acids is 1. The van der Waals surface area contributed by atoms with E-state index in [0.29, 0.717) is 34.2 Å². The summed E-state index contributed by atoms with van der Waals surface area (Å²) < 4.78 is 16.4. The molecular weight excluding hydrogens is 390 g/mol. The summed E-state index contributed by atoms with van der Waals surface area (Å²) in [6, 6.07) is 5.75. The molecule has 0 unspecified atom stereocenters. The van der Waals surface area contributed by atoms with Crippen molar-refractivity contribution in [2.45, 2.75) is 62.5 Å². The summed E-state index contributed by atoms with van der Waals surface area (Å²) in [5.41, 5.74) is 0.705. The summed E-state index contributed by atoms with van der Waals surface area (Å²) in [4.78, 5) is 15.0. The molecule has 2 aromatic rings. The lowest BCUT2D eigenvalue weighted by molar-refractivity contribution is -0.133. The van der Waals surface area contributed by atoms with E-state index in [1.54, 1.807) is 32.4 Å². The average molecular weight is 420 g/mol. The minimum absolute atomic E-state index is 0.132. The van der Waals surface area contributed by atoms with Gasteiger partial charge in [0.2, 0.25) is 11.8 Å². The zero-order valence-electron chi connectivity index (χ0n) is 17.5. The monoisotopic (exact) mass is 419 g/mol. The van der Waals surface area contributed by atoms with Gasteiger partial charge in [-0.05, 0) is 38.8 Å². The van der Waals surface area contributed by atoms with Crippen LogP contribution in [0.4, 0.5) is 0 Å². The average Bonchev–Trinajstić information content (AvgIpc) is 3.23. The van der Waals surface area contributed by atoms with Crippen molar-refractivity contribution in [3.63, 3.8) is 0 Å². The maximum Gasteiger partial charge on any atom is 0.277 e. The predicted octanol–water partition coefficient (Wildman–Crippen LogP) is 4.42. The maximum atomic E-state index is 13.0. The molecule has 1 aromatic carbocycles. The van der Waals surface area contributed by atoms with E-state index in [0.717, 1.165) is 19.4 Å². The molecule has 1 amide bonds. The van der Waals surface area contributed by atoms with E-state index in [-0.39, 0.29) is 11.2 Å². The number of carbonyl (C=O) groups is 1. The Bertz CT molecular complexity index is 798. The number of hydrogen-bond acceptors (Lipinski definition) is 7. The Balaban J connectivity index is 1.69. The molecule has 1 heterocycles. The lowest BCUT2D eigenvalue weighted by atomic mass is 9.94. The fraction of sp³-hybridized carbons (Fsp3) is 0.571. The topological polar surface area (TPSA) is 77.7 Å². The van der Waals surface area contributed by atoms with Gasteiger partial charge in [0, 0.05) is 24.2 Å². The van der Waals surface area contributed by atoms with Crippen molar-refractivity contribution in [1.29, 1.82) is 0 Å². The predicted molar refractivity (Wildman–Crippen MR) is 112 cm³/mol. The Labute approximate surface area is 176 Å². The summed E-state index contributed by atoms with van der Waals surface area (Å²) in [5.74, 6) is 1.78. The van der Waals surface area contributed by atoms with E-state index in [4.69, 9.17) is 13.9 Å². The number of ether oxygens (including phenoxy) is 2. The van der Waals surface area contributed by atoms with E-state index in [9.17, 15) is 4.79 Å². The van der Waals surface area contributed by atoms with Crippen LogP contribution in [0, 0.1) is 0 Å². The van der Waals surface area contributed by atoms with Crippen molar-refractivity contribution in [3.05, 3.63) is 18.2 Å². The summed E-state index contributed by atoms with van der Waals surface area (Å²) in [6.45, 7) is 4.68. The Kier molecular flexibility index (Phi) is 7.41. The first-order valence-electron chi connectivity index (χ1n) is 10.1. The zero-order chi connectivity index (χ0) is 20.8. The van der Waals surface area contributed by atoms with Gasteiger partial charge in [-0.2, -0.15) is 0 Å². The van der Waals surface area contributed by atoms with Gasteiger partial charge in [0.05, 0.1) is 19.5 Å². The lowest BCUT2D eigenvalue weighted by Gasteiger charge is -2.34. The number of nitrogens with zero attached hydrogens (tertiary/aromatic N) is 3. The molecule has 0 N–H and O–H groups in total. The number of thioether (sulfide) groups is 1. The summed E-state index contributed by atoms with van der Waals surface area (Å²) in [6.07, 6.45) is 5.87. The fourth-order valence-electron chi connectivity index (χ4n) is 3.73. The van der Waals surface area contributed by atoms with Gasteiger partial charge in [0.1, 0.15) is 11.5 Å². The van der Waals surface area contributed by atoms with Crippen LogP contribution in [-0.4, -0.2) is 53.1 Å². The fourth-order valence-corrected chi connectivity index (χ4v) is 4.48. The van der Waals surface area contributed by atoms with Gasteiger partial charge in [-0.1, -0.05) is 31.0 Å². The van der Waals surface area contributed by atoms with Crippen molar-refractivity contribution in [3.8, 4) is 23.0 Å². The Morgan fingerprint density at radius 2 is 1.83 bits per heavy atom. The molecule has 158 valence electrons. The molecule has 0 aliphatic heterocycles. The number of amides is 1. The molecule has 1 fully saturated rings. The van der Waals surface area contributed by atoms with Crippen LogP contribution in [0.25, 0.3) is 11.5 Å². The summed E-state index contributed by atoms with van der Waals surface area (Å²) >= 11 is 1.30. The number of aromatic nitrogens is 2. The van der Waals surface area contributed by atoms with Crippen LogP contribution in [-0.2, 0) is 4.79 Å². The summed E-state index contributed by atoms with van der Waals surface area (Å²) in [7, 11) is 3.18. The van der Waals surface area contributed by atoms with Crippen LogP contribution >= 0.6 is 11.8 Å². The Morgan fingerprint density at radius 3 is 2.41 bits per heavy atom.